The first-order valence-electron chi connectivity index (χ1n) is 5.24. The summed E-state index contributed by atoms with van der Waals surface area (Å²) in [6, 6.07) is 4.10. The number of halogens is 3. The van der Waals surface area contributed by atoms with E-state index < -0.39 is 23.5 Å². The molecule has 0 unspecified atom stereocenters. The van der Waals surface area contributed by atoms with Crippen LogP contribution in [0.15, 0.2) is 29.8 Å². The Labute approximate surface area is 107 Å². The summed E-state index contributed by atoms with van der Waals surface area (Å²) < 4.78 is 41.5. The van der Waals surface area contributed by atoms with Gasteiger partial charge in [0.25, 0.3) is 0 Å². The minimum atomic E-state index is -4.42. The number of esters is 1. The predicted molar refractivity (Wildman–Crippen MR) is 62.1 cm³/mol. The summed E-state index contributed by atoms with van der Waals surface area (Å²) in [4.78, 5) is 22.5. The lowest BCUT2D eigenvalue weighted by molar-refractivity contribution is -0.138. The molecule has 0 aliphatic heterocycles. The molecule has 1 aromatic carbocycles. The zero-order valence-electron chi connectivity index (χ0n) is 10.2. The van der Waals surface area contributed by atoms with Crippen LogP contribution >= 0.6 is 0 Å². The third kappa shape index (κ3) is 3.94. The van der Waals surface area contributed by atoms with Crippen molar-refractivity contribution in [2.24, 2.45) is 0 Å². The Morgan fingerprint density at radius 1 is 1.16 bits per heavy atom. The van der Waals surface area contributed by atoms with Crippen LogP contribution < -0.4 is 0 Å². The SMILES string of the molecule is COC(=O)C(=Cc1ccc(C(F)(F)F)cc1)C(C)=O. The lowest BCUT2D eigenvalue weighted by Gasteiger charge is -2.06. The first kappa shape index (κ1) is 14.9. The van der Waals surface area contributed by atoms with Crippen molar-refractivity contribution in [1.82, 2.24) is 0 Å². The van der Waals surface area contributed by atoms with Crippen molar-refractivity contribution in [2.75, 3.05) is 7.11 Å². The molecule has 1 rings (SSSR count). The summed E-state index contributed by atoms with van der Waals surface area (Å²) in [5.41, 5.74) is -0.710. The van der Waals surface area contributed by atoms with E-state index >= 15 is 0 Å². The molecular formula is C13H11F3O3. The maximum atomic E-state index is 12.3. The van der Waals surface area contributed by atoms with Gasteiger partial charge in [0.15, 0.2) is 5.78 Å². The van der Waals surface area contributed by atoms with Crippen molar-refractivity contribution in [3.05, 3.63) is 41.0 Å². The Balaban J connectivity index is 3.10. The van der Waals surface area contributed by atoms with Crippen LogP contribution in [-0.4, -0.2) is 18.9 Å². The summed E-state index contributed by atoms with van der Waals surface area (Å²) in [6.07, 6.45) is -3.23. The summed E-state index contributed by atoms with van der Waals surface area (Å²) in [7, 11) is 1.12. The van der Waals surface area contributed by atoms with Crippen molar-refractivity contribution >= 4 is 17.8 Å². The Kier molecular flexibility index (Phi) is 4.47. The van der Waals surface area contributed by atoms with E-state index in [0.29, 0.717) is 5.56 Å². The van der Waals surface area contributed by atoms with Crippen LogP contribution in [0.2, 0.25) is 0 Å². The average molecular weight is 272 g/mol. The molecule has 0 aliphatic rings. The molecule has 0 atom stereocenters. The quantitative estimate of drug-likeness (QED) is 0.368. The standard InChI is InChI=1S/C13H11F3O3/c1-8(17)11(12(18)19-2)7-9-3-5-10(6-4-9)13(14,15)16/h3-7H,1-2H3. The molecule has 0 saturated heterocycles. The Morgan fingerprint density at radius 2 is 1.68 bits per heavy atom. The maximum absolute atomic E-state index is 12.3. The third-order valence-corrected chi connectivity index (χ3v) is 2.33. The minimum absolute atomic E-state index is 0.220. The number of hydrogen-bond acceptors (Lipinski definition) is 3. The van der Waals surface area contributed by atoms with Gasteiger partial charge >= 0.3 is 12.1 Å². The molecule has 0 bridgehead atoms. The molecular weight excluding hydrogens is 261 g/mol. The minimum Gasteiger partial charge on any atom is -0.465 e. The van der Waals surface area contributed by atoms with Crippen molar-refractivity contribution in [3.8, 4) is 0 Å². The molecule has 0 radical (unpaired) electrons. The lowest BCUT2D eigenvalue weighted by Crippen LogP contribution is -2.11. The van der Waals surface area contributed by atoms with Crippen LogP contribution in [0.25, 0.3) is 6.08 Å². The zero-order chi connectivity index (χ0) is 14.6. The number of ketones is 1. The fourth-order valence-corrected chi connectivity index (χ4v) is 1.35. The molecule has 0 heterocycles. The Hall–Kier alpha value is -2.11. The monoisotopic (exact) mass is 272 g/mol. The Morgan fingerprint density at radius 3 is 2.05 bits per heavy atom. The molecule has 1 aromatic rings. The van der Waals surface area contributed by atoms with E-state index in [0.717, 1.165) is 19.2 Å². The van der Waals surface area contributed by atoms with E-state index in [2.05, 4.69) is 4.74 Å². The maximum Gasteiger partial charge on any atom is 0.416 e. The molecule has 0 spiro atoms. The highest BCUT2D eigenvalue weighted by Crippen LogP contribution is 2.29. The van der Waals surface area contributed by atoms with Gasteiger partial charge in [-0.05, 0) is 30.7 Å². The fraction of sp³-hybridized carbons (Fsp3) is 0.231. The molecule has 0 amide bonds. The van der Waals surface area contributed by atoms with Crippen molar-refractivity contribution in [3.63, 3.8) is 0 Å². The fourth-order valence-electron chi connectivity index (χ4n) is 1.35. The van der Waals surface area contributed by atoms with E-state index in [-0.39, 0.29) is 5.57 Å². The largest absolute Gasteiger partial charge is 0.465 e. The van der Waals surface area contributed by atoms with Crippen LogP contribution in [0.5, 0.6) is 0 Å². The first-order chi connectivity index (χ1) is 8.75. The predicted octanol–water partition coefficient (Wildman–Crippen LogP) is 2.85. The number of carbonyl (C=O) groups excluding carboxylic acids is 2. The van der Waals surface area contributed by atoms with Crippen molar-refractivity contribution < 1.29 is 27.5 Å². The molecule has 0 aromatic heterocycles. The smallest absolute Gasteiger partial charge is 0.416 e. The van der Waals surface area contributed by atoms with Gasteiger partial charge in [0.1, 0.15) is 5.57 Å². The summed E-state index contributed by atoms with van der Waals surface area (Å²) >= 11 is 0. The average Bonchev–Trinajstić information content (AvgIpc) is 2.34. The number of carbonyl (C=O) groups is 2. The zero-order valence-corrected chi connectivity index (χ0v) is 10.2. The number of ether oxygens (including phenoxy) is 1. The number of rotatable bonds is 3. The van der Waals surface area contributed by atoms with Crippen LogP contribution in [-0.2, 0) is 20.5 Å². The highest BCUT2D eigenvalue weighted by atomic mass is 19.4. The third-order valence-electron chi connectivity index (χ3n) is 2.33. The second-order valence-electron chi connectivity index (χ2n) is 3.73. The molecule has 3 nitrogen and oxygen atoms in total. The van der Waals surface area contributed by atoms with E-state index in [1.807, 2.05) is 0 Å². The molecule has 0 saturated carbocycles. The highest BCUT2D eigenvalue weighted by Gasteiger charge is 2.29. The Bertz CT molecular complexity index is 513. The second-order valence-corrected chi connectivity index (χ2v) is 3.73. The summed E-state index contributed by atoms with van der Waals surface area (Å²) in [6.45, 7) is 1.17. The van der Waals surface area contributed by atoms with E-state index in [9.17, 15) is 22.8 Å². The lowest BCUT2D eigenvalue weighted by atomic mass is 10.1. The molecule has 102 valence electrons. The molecule has 0 fully saturated rings. The van der Waals surface area contributed by atoms with Gasteiger partial charge in [-0.3, -0.25) is 4.79 Å². The topological polar surface area (TPSA) is 43.4 Å². The van der Waals surface area contributed by atoms with E-state index in [1.54, 1.807) is 0 Å². The number of hydrogen-bond donors (Lipinski definition) is 0. The first-order valence-corrected chi connectivity index (χ1v) is 5.24. The van der Waals surface area contributed by atoms with Gasteiger partial charge in [-0.15, -0.1) is 0 Å². The highest BCUT2D eigenvalue weighted by molar-refractivity contribution is 6.19. The number of Topliss-reactive ketones (excluding diaryl/α,β-unsaturated/α-hetero) is 1. The van der Waals surface area contributed by atoms with Crippen LogP contribution in [0, 0.1) is 0 Å². The van der Waals surface area contributed by atoms with Gasteiger partial charge in [0.2, 0.25) is 0 Å². The normalized spacial score (nSPS) is 12.2. The van der Waals surface area contributed by atoms with Gasteiger partial charge in [-0.25, -0.2) is 4.79 Å². The summed E-state index contributed by atoms with van der Waals surface area (Å²) in [5.74, 6) is -1.35. The van der Waals surface area contributed by atoms with E-state index in [1.165, 1.54) is 25.1 Å². The van der Waals surface area contributed by atoms with Gasteiger partial charge in [-0.1, -0.05) is 12.1 Å². The molecule has 0 aliphatic carbocycles. The molecule has 0 N–H and O–H groups in total. The summed E-state index contributed by atoms with van der Waals surface area (Å²) in [5, 5.41) is 0. The van der Waals surface area contributed by atoms with Gasteiger partial charge in [0.05, 0.1) is 12.7 Å². The molecule has 6 heteroatoms. The van der Waals surface area contributed by atoms with Gasteiger partial charge < -0.3 is 4.74 Å². The van der Waals surface area contributed by atoms with Gasteiger partial charge in [0, 0.05) is 0 Å². The number of benzene rings is 1. The number of methoxy groups -OCH3 is 1. The van der Waals surface area contributed by atoms with Crippen molar-refractivity contribution in [1.29, 1.82) is 0 Å². The van der Waals surface area contributed by atoms with Gasteiger partial charge in [-0.2, -0.15) is 13.2 Å². The molecule has 19 heavy (non-hydrogen) atoms. The van der Waals surface area contributed by atoms with Crippen molar-refractivity contribution in [2.45, 2.75) is 13.1 Å². The van der Waals surface area contributed by atoms with E-state index in [4.69, 9.17) is 0 Å². The van der Waals surface area contributed by atoms with Crippen LogP contribution in [0.4, 0.5) is 13.2 Å². The second kappa shape index (κ2) is 5.69. The van der Waals surface area contributed by atoms with Crippen LogP contribution in [0.3, 0.4) is 0 Å². The number of alkyl halides is 3. The van der Waals surface area contributed by atoms with Crippen LogP contribution in [0.1, 0.15) is 18.1 Å².